The number of carbonyl (C=O) groups excluding carboxylic acids is 3. The summed E-state index contributed by atoms with van der Waals surface area (Å²) in [5.74, 6) is -4.58. The molecule has 0 radical (unpaired) electrons. The Morgan fingerprint density at radius 2 is 1.89 bits per heavy atom. The maximum Gasteiger partial charge on any atom is 0.491 e. The zero-order valence-electron chi connectivity index (χ0n) is 19.7. The summed E-state index contributed by atoms with van der Waals surface area (Å²) in [5, 5.41) is 6.46. The predicted octanol–water partition coefficient (Wildman–Crippen LogP) is 3.31. The highest BCUT2D eigenvalue weighted by Crippen LogP contribution is 2.35. The van der Waals surface area contributed by atoms with Crippen molar-refractivity contribution in [3.63, 3.8) is 0 Å². The summed E-state index contributed by atoms with van der Waals surface area (Å²) < 4.78 is 60.9. The molecule has 1 aliphatic rings. The summed E-state index contributed by atoms with van der Waals surface area (Å²) in [5.41, 5.74) is 1.61. The highest BCUT2D eigenvalue weighted by Gasteiger charge is 2.42. The summed E-state index contributed by atoms with van der Waals surface area (Å²) in [6, 6.07) is 10.3. The number of carbonyl (C=O) groups is 3. The van der Waals surface area contributed by atoms with Gasteiger partial charge in [0.15, 0.2) is 5.96 Å². The number of ether oxygens (including phenoxy) is 2. The van der Waals surface area contributed by atoms with Crippen molar-refractivity contribution in [2.75, 3.05) is 19.7 Å². The molecule has 1 atom stereocenters. The first-order chi connectivity index (χ1) is 18.1. The molecule has 200 valence electrons. The Labute approximate surface area is 213 Å². The highest BCUT2D eigenvalue weighted by atomic mass is 19.4. The number of rotatable bonds is 9. The van der Waals surface area contributed by atoms with Crippen LogP contribution in [0.15, 0.2) is 53.7 Å². The predicted molar refractivity (Wildman–Crippen MR) is 127 cm³/mol. The number of hydrogen-bond donors (Lipinski definition) is 3. The number of hydrogen-bond acceptors (Lipinski definition) is 7. The fourth-order valence-electron chi connectivity index (χ4n) is 3.91. The van der Waals surface area contributed by atoms with E-state index in [1.165, 1.54) is 12.1 Å². The maximum absolute atomic E-state index is 13.5. The molecule has 0 aliphatic carbocycles. The van der Waals surface area contributed by atoms with Crippen LogP contribution >= 0.6 is 0 Å². The van der Waals surface area contributed by atoms with E-state index < -0.39 is 36.3 Å². The third-order valence-corrected chi connectivity index (χ3v) is 5.67. The lowest BCUT2D eigenvalue weighted by atomic mass is 9.88. The van der Waals surface area contributed by atoms with E-state index in [2.05, 4.69) is 25.3 Å². The van der Waals surface area contributed by atoms with Crippen molar-refractivity contribution in [1.29, 1.82) is 0 Å². The average molecular weight is 534 g/mol. The molecule has 1 unspecified atom stereocenters. The number of halogens is 4. The normalized spacial score (nSPS) is 14.1. The van der Waals surface area contributed by atoms with Crippen LogP contribution in [-0.2, 0) is 19.1 Å². The number of benzene rings is 2. The van der Waals surface area contributed by atoms with Gasteiger partial charge in [-0.2, -0.15) is 18.2 Å². The van der Waals surface area contributed by atoms with Crippen molar-refractivity contribution in [3.05, 3.63) is 65.6 Å². The molecule has 3 N–H and O–H groups in total. The van der Waals surface area contributed by atoms with E-state index in [0.717, 1.165) is 12.1 Å². The standard InChI is InChI=1S/C25H22F4N4O5/c26-15-4-2-14(3-5-15)18(11-22(35)38-23(36)25(27,28)29)19-12-31-20-10-16(6-7-17(19)20)37-9-1-8-30-24-32-13-21(34)33-24/h2-7,10,12,18,31H,1,8-9,11,13H2,(H2,30,32,33,34). The molecule has 2 aromatic carbocycles. The number of nitrogens with zero attached hydrogens (tertiary/aromatic N) is 1. The Balaban J connectivity index is 1.45. The number of amides is 1. The molecular formula is C25H22F4N4O5. The van der Waals surface area contributed by atoms with Gasteiger partial charge in [0, 0.05) is 35.6 Å². The van der Waals surface area contributed by atoms with Gasteiger partial charge in [0.2, 0.25) is 0 Å². The molecule has 3 aromatic rings. The van der Waals surface area contributed by atoms with Gasteiger partial charge in [0.25, 0.3) is 5.91 Å². The van der Waals surface area contributed by atoms with Crippen molar-refractivity contribution in [2.45, 2.75) is 24.9 Å². The summed E-state index contributed by atoms with van der Waals surface area (Å²) in [7, 11) is 0. The number of aromatic nitrogens is 1. The Morgan fingerprint density at radius 3 is 2.58 bits per heavy atom. The van der Waals surface area contributed by atoms with Gasteiger partial charge in [-0.3, -0.25) is 9.59 Å². The fourth-order valence-corrected chi connectivity index (χ4v) is 3.91. The van der Waals surface area contributed by atoms with Crippen LogP contribution in [0.4, 0.5) is 17.6 Å². The van der Waals surface area contributed by atoms with Crippen molar-refractivity contribution in [1.82, 2.24) is 15.6 Å². The number of H-pyrrole nitrogens is 1. The molecule has 0 saturated heterocycles. The Kier molecular flexibility index (Phi) is 7.93. The van der Waals surface area contributed by atoms with Crippen molar-refractivity contribution in [3.8, 4) is 5.75 Å². The van der Waals surface area contributed by atoms with Crippen LogP contribution in [0, 0.1) is 5.82 Å². The number of aliphatic imine (C=N–C) groups is 1. The number of esters is 2. The molecule has 0 fully saturated rings. The number of alkyl halides is 3. The third kappa shape index (κ3) is 6.66. The summed E-state index contributed by atoms with van der Waals surface area (Å²) in [6.07, 6.45) is -3.69. The second-order valence-electron chi connectivity index (χ2n) is 8.36. The smallest absolute Gasteiger partial charge is 0.491 e. The maximum atomic E-state index is 13.5. The monoisotopic (exact) mass is 534 g/mol. The van der Waals surface area contributed by atoms with Gasteiger partial charge in [-0.25, -0.2) is 9.18 Å². The first kappa shape index (κ1) is 26.6. The molecule has 1 aliphatic heterocycles. The molecule has 13 heteroatoms. The summed E-state index contributed by atoms with van der Waals surface area (Å²) >= 11 is 0. The minimum atomic E-state index is -5.31. The second-order valence-corrected chi connectivity index (χ2v) is 8.36. The molecule has 0 spiro atoms. The van der Waals surface area contributed by atoms with Gasteiger partial charge in [-0.15, -0.1) is 0 Å². The zero-order valence-corrected chi connectivity index (χ0v) is 19.7. The van der Waals surface area contributed by atoms with Crippen LogP contribution < -0.4 is 15.4 Å². The van der Waals surface area contributed by atoms with Crippen molar-refractivity contribution < 1.29 is 41.4 Å². The van der Waals surface area contributed by atoms with E-state index in [0.29, 0.717) is 53.3 Å². The van der Waals surface area contributed by atoms with Crippen LogP contribution in [0.3, 0.4) is 0 Å². The summed E-state index contributed by atoms with van der Waals surface area (Å²) in [6.45, 7) is 1.07. The van der Waals surface area contributed by atoms with E-state index in [-0.39, 0.29) is 12.5 Å². The number of guanidine groups is 1. The third-order valence-electron chi connectivity index (χ3n) is 5.67. The van der Waals surface area contributed by atoms with E-state index in [9.17, 15) is 31.9 Å². The molecule has 4 rings (SSSR count). The van der Waals surface area contributed by atoms with Gasteiger partial charge < -0.3 is 25.1 Å². The van der Waals surface area contributed by atoms with Gasteiger partial charge >= 0.3 is 18.1 Å². The Bertz CT molecular complexity index is 1370. The Morgan fingerprint density at radius 1 is 1.13 bits per heavy atom. The molecule has 2 heterocycles. The molecule has 9 nitrogen and oxygen atoms in total. The van der Waals surface area contributed by atoms with E-state index in [1.807, 2.05) is 0 Å². The van der Waals surface area contributed by atoms with Crippen LogP contribution in [-0.4, -0.2) is 54.7 Å². The molecule has 38 heavy (non-hydrogen) atoms. The van der Waals surface area contributed by atoms with E-state index in [1.54, 1.807) is 24.4 Å². The fraction of sp³-hybridized carbons (Fsp3) is 0.280. The number of fused-ring (bicyclic) bond motifs is 1. The molecule has 0 bridgehead atoms. The zero-order chi connectivity index (χ0) is 27.3. The topological polar surface area (TPSA) is 122 Å². The van der Waals surface area contributed by atoms with Gasteiger partial charge in [-0.1, -0.05) is 12.1 Å². The lowest BCUT2D eigenvalue weighted by Gasteiger charge is -2.17. The number of aromatic amines is 1. The first-order valence-corrected chi connectivity index (χ1v) is 11.5. The van der Waals surface area contributed by atoms with E-state index in [4.69, 9.17) is 4.74 Å². The second kappa shape index (κ2) is 11.3. The summed E-state index contributed by atoms with van der Waals surface area (Å²) in [4.78, 5) is 41.2. The largest absolute Gasteiger partial charge is 0.493 e. The highest BCUT2D eigenvalue weighted by molar-refractivity contribution is 6.00. The minimum absolute atomic E-state index is 0.172. The van der Waals surface area contributed by atoms with Crippen molar-refractivity contribution >= 4 is 34.7 Å². The first-order valence-electron chi connectivity index (χ1n) is 11.5. The van der Waals surface area contributed by atoms with Gasteiger partial charge in [-0.05, 0) is 41.8 Å². The average Bonchev–Trinajstić information content (AvgIpc) is 3.48. The lowest BCUT2D eigenvalue weighted by molar-refractivity contribution is -0.201. The Hall–Kier alpha value is -4.42. The van der Waals surface area contributed by atoms with Crippen LogP contribution in [0.25, 0.3) is 10.9 Å². The van der Waals surface area contributed by atoms with Crippen LogP contribution in [0.2, 0.25) is 0 Å². The quantitative estimate of drug-likeness (QED) is 0.167. The number of nitrogens with one attached hydrogen (secondary N) is 3. The van der Waals surface area contributed by atoms with Crippen LogP contribution in [0.5, 0.6) is 5.75 Å². The van der Waals surface area contributed by atoms with Gasteiger partial charge in [0.05, 0.1) is 19.6 Å². The van der Waals surface area contributed by atoms with Gasteiger partial charge in [0.1, 0.15) is 11.6 Å². The molecule has 1 amide bonds. The lowest BCUT2D eigenvalue weighted by Crippen LogP contribution is -2.34. The van der Waals surface area contributed by atoms with Crippen LogP contribution in [0.1, 0.15) is 29.9 Å². The molecule has 0 saturated carbocycles. The minimum Gasteiger partial charge on any atom is -0.493 e. The van der Waals surface area contributed by atoms with Crippen molar-refractivity contribution in [2.24, 2.45) is 4.99 Å². The molecule has 1 aromatic heterocycles. The molecular weight excluding hydrogens is 512 g/mol. The van der Waals surface area contributed by atoms with E-state index >= 15 is 0 Å². The SMILES string of the molecule is O=C1CNC(NCCCOc2ccc3c(C(CC(=O)OC(=O)C(F)(F)F)c4ccc(F)cc4)c[nH]c3c2)=N1.